The summed E-state index contributed by atoms with van der Waals surface area (Å²) in [4.78, 5) is 29.3. The molecule has 0 aromatic carbocycles. The first-order valence-corrected chi connectivity index (χ1v) is 2.68. The maximum absolute atomic E-state index is 7.33. The van der Waals surface area contributed by atoms with Crippen molar-refractivity contribution >= 4 is 69.8 Å². The minimum Gasteiger partial charge on any atom is -1.00 e. The van der Waals surface area contributed by atoms with Crippen LogP contribution in [0.3, 0.4) is 0 Å². The third-order valence-electron chi connectivity index (χ3n) is 0. The Kier molecular flexibility index (Phi) is 48.2. The molecule has 0 atom stereocenters. The van der Waals surface area contributed by atoms with Gasteiger partial charge in [0.15, 0.2) is 0 Å². The van der Waals surface area contributed by atoms with Crippen LogP contribution in [0.1, 0.15) is 7.13 Å². The Bertz CT molecular complexity index is 49.2. The first-order chi connectivity index (χ1) is 2.00. The monoisotopic (exact) mass is 268 g/mol. The van der Waals surface area contributed by atoms with Crippen LogP contribution in [0.4, 0.5) is 0 Å². The quantitative estimate of drug-likeness (QED) is 0.331. The van der Waals surface area contributed by atoms with E-state index in [4.69, 9.17) is 19.2 Å². The zero-order chi connectivity index (χ0) is 4.50. The molecule has 0 unspecified atom stereocenters. The van der Waals surface area contributed by atoms with Gasteiger partial charge in [0.05, 0.1) is 0 Å². The Morgan fingerprint density at radius 1 is 1.00 bits per heavy atom. The molecule has 0 aromatic heterocycles. The summed E-state index contributed by atoms with van der Waals surface area (Å²) < 4.78 is 0. The normalized spacial score (nSPS) is 6.67. The van der Waals surface area contributed by atoms with Gasteiger partial charge in [0, 0.05) is 19.5 Å². The van der Waals surface area contributed by atoms with Gasteiger partial charge in [-0.1, -0.05) is 0 Å². The van der Waals surface area contributed by atoms with Crippen molar-refractivity contribution in [3.63, 3.8) is 0 Å². The zero-order valence-electron chi connectivity index (χ0n) is 10.4. The fraction of sp³-hybridized carbons (Fsp3) is 0. The smallest absolute Gasteiger partial charge is 1.00 e. The fourth-order valence-electron chi connectivity index (χ4n) is 0. The van der Waals surface area contributed by atoms with E-state index >= 15 is 0 Å². The molecule has 0 amide bonds. The molecule has 9 heavy (non-hydrogen) atoms. The summed E-state index contributed by atoms with van der Waals surface area (Å²) in [6.45, 7) is 0. The molecule has 0 bridgehead atoms. The van der Waals surface area contributed by atoms with Gasteiger partial charge in [0.1, 0.15) is 0 Å². The van der Waals surface area contributed by atoms with Crippen molar-refractivity contribution in [3.05, 3.63) is 0 Å². The molecular formula is H9CaKMgO4SiZn. The summed E-state index contributed by atoms with van der Waals surface area (Å²) in [6.07, 6.45) is 0. The fourth-order valence-corrected chi connectivity index (χ4v) is 0. The summed E-state index contributed by atoms with van der Waals surface area (Å²) in [5, 5.41) is 0. The number of hydrogen-bond donors (Lipinski definition) is 4. The minimum absolute atomic E-state index is 0. The molecule has 0 saturated carbocycles. The van der Waals surface area contributed by atoms with Crippen molar-refractivity contribution in [2.75, 3.05) is 0 Å². The van der Waals surface area contributed by atoms with Gasteiger partial charge in [-0.3, -0.25) is 0 Å². The maximum Gasteiger partial charge on any atom is 2.00 e. The predicted octanol–water partition coefficient (Wildman–Crippen LogP) is -5.81. The largest absolute Gasteiger partial charge is 2.00 e. The molecule has 0 rings (SSSR count). The average Bonchev–Trinajstić information content (AvgIpc) is 0.722. The Balaban J connectivity index is -0.00000000222. The van der Waals surface area contributed by atoms with Crippen molar-refractivity contribution in [1.82, 2.24) is 0 Å². The van der Waals surface area contributed by atoms with Gasteiger partial charge in [-0.25, -0.2) is 0 Å². The van der Waals surface area contributed by atoms with Crippen LogP contribution in [-0.4, -0.2) is 89.0 Å². The molecule has 4 nitrogen and oxygen atoms in total. The third-order valence-corrected chi connectivity index (χ3v) is 0. The van der Waals surface area contributed by atoms with Crippen molar-refractivity contribution in [3.8, 4) is 0 Å². The summed E-state index contributed by atoms with van der Waals surface area (Å²) in [6, 6.07) is 0. The first-order valence-electron chi connectivity index (χ1n) is 0.894. The Morgan fingerprint density at radius 2 is 1.00 bits per heavy atom. The van der Waals surface area contributed by atoms with Gasteiger partial charge in [0.2, 0.25) is 0 Å². The molecule has 0 aliphatic carbocycles. The van der Waals surface area contributed by atoms with Gasteiger partial charge < -0.3 is 26.3 Å². The molecule has 0 fully saturated rings. The van der Waals surface area contributed by atoms with Crippen LogP contribution in [-0.2, 0) is 19.5 Å². The third kappa shape index (κ3) is 70.0. The van der Waals surface area contributed by atoms with E-state index in [1.807, 2.05) is 0 Å². The SMILES string of the molecule is O[Si](O)(O)O.[Ca+2].[H-].[H-].[H-].[H-].[H-].[K+].[Mg+2].[Zn]. The molecule has 44 valence electrons. The van der Waals surface area contributed by atoms with Crippen LogP contribution in [0, 0.1) is 0 Å². The van der Waals surface area contributed by atoms with Gasteiger partial charge in [-0.2, -0.15) is 0 Å². The molecule has 0 aromatic rings. The molecule has 4 N–H and O–H groups in total. The average molecular weight is 270 g/mol. The molecule has 0 aliphatic rings. The van der Waals surface area contributed by atoms with Gasteiger partial charge in [-0.15, -0.1) is 0 Å². The topological polar surface area (TPSA) is 80.9 Å². The molecule has 0 radical (unpaired) electrons. The van der Waals surface area contributed by atoms with Gasteiger partial charge >= 0.3 is 121 Å². The summed E-state index contributed by atoms with van der Waals surface area (Å²) >= 11 is 0. The van der Waals surface area contributed by atoms with Crippen LogP contribution in [0.25, 0.3) is 0 Å². The minimum atomic E-state index is -4.61. The second-order valence-electron chi connectivity index (χ2n) is 0.600. The summed E-state index contributed by atoms with van der Waals surface area (Å²) in [5.41, 5.74) is 0. The molecule has 0 aliphatic heterocycles. The van der Waals surface area contributed by atoms with E-state index in [-0.39, 0.29) is 139 Å². The van der Waals surface area contributed by atoms with E-state index < -0.39 is 9.05 Å². The molecule has 0 spiro atoms. The molecule has 9 heteroatoms. The van der Waals surface area contributed by atoms with E-state index in [1.54, 1.807) is 0 Å². The Labute approximate surface area is 163 Å². The summed E-state index contributed by atoms with van der Waals surface area (Å²) in [7, 11) is -4.61. The van der Waals surface area contributed by atoms with Crippen LogP contribution in [0.2, 0.25) is 0 Å². The van der Waals surface area contributed by atoms with Crippen LogP contribution in [0.5, 0.6) is 0 Å². The van der Waals surface area contributed by atoms with Crippen LogP contribution < -0.4 is 51.4 Å². The Morgan fingerprint density at radius 3 is 1.00 bits per heavy atom. The Hall–Kier alpha value is 4.34. The second kappa shape index (κ2) is 14.8. The van der Waals surface area contributed by atoms with Crippen LogP contribution in [0.15, 0.2) is 0 Å². The standard InChI is InChI=1S/Ca.K.Mg.H4O4Si.Zn.5H/c;;;1-5(2,3)4;;;;;;/h;;;1-4H;;;;;;/q+2;+1;+2;;;5*-1. The van der Waals surface area contributed by atoms with Crippen molar-refractivity contribution in [1.29, 1.82) is 0 Å². The van der Waals surface area contributed by atoms with E-state index in [1.165, 1.54) is 0 Å². The van der Waals surface area contributed by atoms with E-state index in [9.17, 15) is 0 Å². The molecule has 0 saturated heterocycles. The van der Waals surface area contributed by atoms with E-state index in [2.05, 4.69) is 0 Å². The van der Waals surface area contributed by atoms with Crippen molar-refractivity contribution < 1.29 is 97.2 Å². The van der Waals surface area contributed by atoms with E-state index in [0.29, 0.717) is 0 Å². The van der Waals surface area contributed by atoms with Crippen molar-refractivity contribution in [2.24, 2.45) is 0 Å². The molecule has 0 heterocycles. The van der Waals surface area contributed by atoms with Gasteiger partial charge in [0.25, 0.3) is 0 Å². The van der Waals surface area contributed by atoms with Crippen LogP contribution >= 0.6 is 0 Å². The molecular weight excluding hydrogens is 261 g/mol. The number of rotatable bonds is 0. The van der Waals surface area contributed by atoms with Gasteiger partial charge in [-0.05, 0) is 0 Å². The summed E-state index contributed by atoms with van der Waals surface area (Å²) in [5.74, 6) is 0. The second-order valence-corrected chi connectivity index (χ2v) is 1.80. The first kappa shape index (κ1) is 29.2. The predicted molar refractivity (Wildman–Crippen MR) is 31.7 cm³/mol. The number of hydrogen-bond acceptors (Lipinski definition) is 4. The van der Waals surface area contributed by atoms with E-state index in [0.717, 1.165) is 0 Å². The maximum atomic E-state index is 7.33. The zero-order valence-corrected chi connectivity index (χ0v) is 16.1. The van der Waals surface area contributed by atoms with Crippen molar-refractivity contribution in [2.45, 2.75) is 0 Å².